The fraction of sp³-hybridized carbons (Fsp3) is 0.900. The van der Waals surface area contributed by atoms with Crippen LogP contribution in [0.3, 0.4) is 0 Å². The van der Waals surface area contributed by atoms with E-state index in [2.05, 4.69) is 46.7 Å². The van der Waals surface area contributed by atoms with Crippen molar-refractivity contribution in [3.05, 3.63) is 0 Å². The first-order valence-electron chi connectivity index (χ1n) is 4.52. The van der Waals surface area contributed by atoms with Gasteiger partial charge in [-0.15, -0.1) is 11.8 Å². The molecule has 0 bridgehead atoms. The van der Waals surface area contributed by atoms with E-state index < -0.39 is 0 Å². The van der Waals surface area contributed by atoms with Crippen LogP contribution in [0.4, 0.5) is 0 Å². The van der Waals surface area contributed by atoms with Gasteiger partial charge >= 0.3 is 0 Å². The number of thioether (sulfide) groups is 1. The average molecular weight is 203 g/mol. The normalized spacial score (nSPS) is 14.8. The molecule has 0 saturated carbocycles. The molecule has 3 heteroatoms. The molecule has 78 valence electrons. The standard InChI is InChI=1S/C10H21NOS/c1-9(2,3)8(11-12)7-13-10(4,5)6/h12H,7H2,1-6H3. The van der Waals surface area contributed by atoms with Gasteiger partial charge in [-0.1, -0.05) is 46.7 Å². The number of hydrogen-bond acceptors (Lipinski definition) is 3. The quantitative estimate of drug-likeness (QED) is 0.424. The molecule has 0 radical (unpaired) electrons. The zero-order valence-corrected chi connectivity index (χ0v) is 10.3. The molecular weight excluding hydrogens is 182 g/mol. The average Bonchev–Trinajstić information content (AvgIpc) is 1.82. The molecule has 0 aliphatic carbocycles. The first-order chi connectivity index (χ1) is 5.67. The minimum atomic E-state index is -0.0347. The molecule has 0 aliphatic rings. The van der Waals surface area contributed by atoms with Crippen molar-refractivity contribution in [2.24, 2.45) is 10.6 Å². The van der Waals surface area contributed by atoms with E-state index in [4.69, 9.17) is 5.21 Å². The molecule has 0 atom stereocenters. The van der Waals surface area contributed by atoms with Gasteiger partial charge in [-0.05, 0) is 0 Å². The van der Waals surface area contributed by atoms with Crippen LogP contribution in [0.5, 0.6) is 0 Å². The Labute approximate surface area is 85.8 Å². The summed E-state index contributed by atoms with van der Waals surface area (Å²) in [6.45, 7) is 12.7. The number of rotatable bonds is 2. The zero-order valence-electron chi connectivity index (χ0n) is 9.51. The molecule has 0 fully saturated rings. The van der Waals surface area contributed by atoms with Crippen LogP contribution in [0.2, 0.25) is 0 Å². The molecule has 0 unspecified atom stereocenters. The van der Waals surface area contributed by atoms with E-state index in [0.717, 1.165) is 11.5 Å². The van der Waals surface area contributed by atoms with Crippen molar-refractivity contribution in [1.29, 1.82) is 0 Å². The minimum Gasteiger partial charge on any atom is -0.411 e. The van der Waals surface area contributed by atoms with E-state index in [9.17, 15) is 0 Å². The summed E-state index contributed by atoms with van der Waals surface area (Å²) in [4.78, 5) is 0. The topological polar surface area (TPSA) is 32.6 Å². The molecule has 1 N–H and O–H groups in total. The molecular formula is C10H21NOS. The molecule has 0 heterocycles. The first kappa shape index (κ1) is 12.8. The second-order valence-electron chi connectivity index (χ2n) is 5.20. The van der Waals surface area contributed by atoms with Gasteiger partial charge in [0.15, 0.2) is 0 Å². The zero-order chi connectivity index (χ0) is 10.7. The van der Waals surface area contributed by atoms with Gasteiger partial charge in [0.05, 0.1) is 5.71 Å². The summed E-state index contributed by atoms with van der Waals surface area (Å²) in [5.74, 6) is 0.795. The third-order valence-electron chi connectivity index (χ3n) is 1.63. The third kappa shape index (κ3) is 5.97. The Bertz CT molecular complexity index is 186. The Hall–Kier alpha value is -0.180. The monoisotopic (exact) mass is 203 g/mol. The third-order valence-corrected chi connectivity index (χ3v) is 2.91. The number of oxime groups is 1. The summed E-state index contributed by atoms with van der Waals surface area (Å²) >= 11 is 1.80. The second kappa shape index (κ2) is 4.36. The first-order valence-corrected chi connectivity index (χ1v) is 5.51. The van der Waals surface area contributed by atoms with E-state index in [1.807, 2.05) is 0 Å². The highest BCUT2D eigenvalue weighted by molar-refractivity contribution is 8.01. The van der Waals surface area contributed by atoms with Crippen molar-refractivity contribution in [3.8, 4) is 0 Å². The maximum absolute atomic E-state index is 8.83. The molecule has 0 rings (SSSR count). The maximum atomic E-state index is 8.83. The van der Waals surface area contributed by atoms with E-state index in [1.165, 1.54) is 0 Å². The Balaban J connectivity index is 4.20. The lowest BCUT2D eigenvalue weighted by molar-refractivity contribution is 0.311. The lowest BCUT2D eigenvalue weighted by Gasteiger charge is -2.23. The van der Waals surface area contributed by atoms with Gasteiger partial charge in [0.1, 0.15) is 0 Å². The van der Waals surface area contributed by atoms with E-state index in [0.29, 0.717) is 0 Å². The van der Waals surface area contributed by atoms with Gasteiger partial charge in [0.25, 0.3) is 0 Å². The Morgan fingerprint density at radius 2 is 1.62 bits per heavy atom. The molecule has 0 amide bonds. The van der Waals surface area contributed by atoms with Crippen molar-refractivity contribution in [2.75, 3.05) is 5.75 Å². The summed E-state index contributed by atoms with van der Waals surface area (Å²) < 4.78 is 0.223. The summed E-state index contributed by atoms with van der Waals surface area (Å²) in [7, 11) is 0. The Morgan fingerprint density at radius 1 is 1.15 bits per heavy atom. The van der Waals surface area contributed by atoms with E-state index >= 15 is 0 Å². The molecule has 0 aromatic heterocycles. The molecule has 0 spiro atoms. The smallest absolute Gasteiger partial charge is 0.0722 e. The molecule has 0 aromatic rings. The van der Waals surface area contributed by atoms with Crippen molar-refractivity contribution in [1.82, 2.24) is 0 Å². The van der Waals surface area contributed by atoms with Crippen molar-refractivity contribution >= 4 is 17.5 Å². The maximum Gasteiger partial charge on any atom is 0.0722 e. The fourth-order valence-corrected chi connectivity index (χ4v) is 1.74. The predicted octanol–water partition coefficient (Wildman–Crippen LogP) is 3.39. The van der Waals surface area contributed by atoms with E-state index in [1.54, 1.807) is 11.8 Å². The SMILES string of the molecule is CC(C)(C)SCC(=NO)C(C)(C)C. The van der Waals surface area contributed by atoms with Crippen LogP contribution in [0.1, 0.15) is 41.5 Å². The van der Waals surface area contributed by atoms with Crippen LogP contribution in [-0.4, -0.2) is 21.4 Å². The lowest BCUT2D eigenvalue weighted by atomic mass is 9.91. The van der Waals surface area contributed by atoms with E-state index in [-0.39, 0.29) is 10.2 Å². The minimum absolute atomic E-state index is 0.0347. The number of nitrogens with zero attached hydrogens (tertiary/aromatic N) is 1. The molecule has 13 heavy (non-hydrogen) atoms. The summed E-state index contributed by atoms with van der Waals surface area (Å²) in [5, 5.41) is 12.2. The van der Waals surface area contributed by atoms with Crippen molar-refractivity contribution < 1.29 is 5.21 Å². The largest absolute Gasteiger partial charge is 0.411 e. The van der Waals surface area contributed by atoms with Crippen molar-refractivity contribution in [3.63, 3.8) is 0 Å². The Morgan fingerprint density at radius 3 is 1.85 bits per heavy atom. The molecule has 2 nitrogen and oxygen atoms in total. The lowest BCUT2D eigenvalue weighted by Crippen LogP contribution is -2.25. The van der Waals surface area contributed by atoms with Gasteiger partial charge in [0.2, 0.25) is 0 Å². The molecule has 0 aliphatic heterocycles. The van der Waals surface area contributed by atoms with Crippen LogP contribution in [0, 0.1) is 5.41 Å². The molecule has 0 saturated heterocycles. The summed E-state index contributed by atoms with van der Waals surface area (Å²) in [5.41, 5.74) is 0.819. The van der Waals surface area contributed by atoms with Crippen LogP contribution < -0.4 is 0 Å². The van der Waals surface area contributed by atoms with Gasteiger partial charge < -0.3 is 5.21 Å². The molecule has 0 aromatic carbocycles. The highest BCUT2D eigenvalue weighted by atomic mass is 32.2. The predicted molar refractivity (Wildman–Crippen MR) is 60.9 cm³/mol. The van der Waals surface area contributed by atoms with Gasteiger partial charge in [-0.25, -0.2) is 0 Å². The second-order valence-corrected chi connectivity index (χ2v) is 7.00. The van der Waals surface area contributed by atoms with Crippen LogP contribution in [-0.2, 0) is 0 Å². The fourth-order valence-electron chi connectivity index (χ4n) is 0.680. The summed E-state index contributed by atoms with van der Waals surface area (Å²) in [6.07, 6.45) is 0. The highest BCUT2D eigenvalue weighted by Gasteiger charge is 2.22. The highest BCUT2D eigenvalue weighted by Crippen LogP contribution is 2.27. The van der Waals surface area contributed by atoms with Crippen LogP contribution in [0.15, 0.2) is 5.16 Å². The number of hydrogen-bond donors (Lipinski definition) is 1. The van der Waals surface area contributed by atoms with Gasteiger partial charge in [-0.3, -0.25) is 0 Å². The van der Waals surface area contributed by atoms with Crippen LogP contribution in [0.25, 0.3) is 0 Å². The van der Waals surface area contributed by atoms with Gasteiger partial charge in [0, 0.05) is 15.9 Å². The summed E-state index contributed by atoms with van der Waals surface area (Å²) in [6, 6.07) is 0. The Kier molecular flexibility index (Phi) is 4.30. The van der Waals surface area contributed by atoms with Gasteiger partial charge in [-0.2, -0.15) is 0 Å². The van der Waals surface area contributed by atoms with Crippen molar-refractivity contribution in [2.45, 2.75) is 46.3 Å². The van der Waals surface area contributed by atoms with Crippen LogP contribution >= 0.6 is 11.8 Å².